The van der Waals surface area contributed by atoms with Crippen molar-refractivity contribution in [1.29, 1.82) is 0 Å². The Hall–Kier alpha value is -2.77. The van der Waals surface area contributed by atoms with Crippen molar-refractivity contribution >= 4 is 11.6 Å². The van der Waals surface area contributed by atoms with Gasteiger partial charge in [-0.05, 0) is 55.6 Å². The molecular formula is C20H22ClN3O4. The molecule has 0 N–H and O–H groups in total. The summed E-state index contributed by atoms with van der Waals surface area (Å²) in [6.45, 7) is 2.02. The van der Waals surface area contributed by atoms with Crippen LogP contribution in [0.5, 0.6) is 17.2 Å². The van der Waals surface area contributed by atoms with Crippen molar-refractivity contribution < 1.29 is 18.7 Å². The molecule has 2 aromatic carbocycles. The molecule has 0 saturated carbocycles. The van der Waals surface area contributed by atoms with E-state index in [-0.39, 0.29) is 6.61 Å². The fourth-order valence-corrected chi connectivity index (χ4v) is 2.52. The van der Waals surface area contributed by atoms with Gasteiger partial charge in [-0.15, -0.1) is 0 Å². The van der Waals surface area contributed by atoms with Gasteiger partial charge in [-0.25, -0.2) is 0 Å². The Morgan fingerprint density at radius 3 is 2.32 bits per heavy atom. The van der Waals surface area contributed by atoms with Crippen molar-refractivity contribution in [1.82, 2.24) is 15.0 Å². The average Bonchev–Trinajstić information content (AvgIpc) is 3.15. The summed E-state index contributed by atoms with van der Waals surface area (Å²) in [6, 6.07) is 14.6. The molecule has 28 heavy (non-hydrogen) atoms. The third-order valence-electron chi connectivity index (χ3n) is 3.90. The van der Waals surface area contributed by atoms with E-state index in [4.69, 9.17) is 30.3 Å². The van der Waals surface area contributed by atoms with Gasteiger partial charge < -0.3 is 18.7 Å². The van der Waals surface area contributed by atoms with E-state index in [1.165, 1.54) is 0 Å². The number of ether oxygens (including phenoxy) is 3. The second kappa shape index (κ2) is 9.96. The van der Waals surface area contributed by atoms with Crippen LogP contribution in [0.3, 0.4) is 0 Å². The quantitative estimate of drug-likeness (QED) is 0.509. The predicted molar refractivity (Wildman–Crippen MR) is 105 cm³/mol. The molecule has 0 radical (unpaired) electrons. The zero-order valence-electron chi connectivity index (χ0n) is 15.8. The molecule has 1 heterocycles. The number of aromatic nitrogens is 2. The summed E-state index contributed by atoms with van der Waals surface area (Å²) in [4.78, 5) is 6.39. The fourth-order valence-electron chi connectivity index (χ4n) is 2.39. The van der Waals surface area contributed by atoms with Crippen LogP contribution in [0.1, 0.15) is 11.7 Å². The van der Waals surface area contributed by atoms with Crippen molar-refractivity contribution in [3.8, 4) is 17.2 Å². The maximum Gasteiger partial charge on any atom is 0.240 e. The Labute approximate surface area is 168 Å². The van der Waals surface area contributed by atoms with Crippen LogP contribution in [0, 0.1) is 0 Å². The first-order chi connectivity index (χ1) is 13.6. The molecule has 0 amide bonds. The van der Waals surface area contributed by atoms with Gasteiger partial charge in [0.2, 0.25) is 11.7 Å². The van der Waals surface area contributed by atoms with Crippen LogP contribution >= 0.6 is 11.6 Å². The highest BCUT2D eigenvalue weighted by atomic mass is 35.5. The van der Waals surface area contributed by atoms with Gasteiger partial charge in [0.05, 0.1) is 13.7 Å². The van der Waals surface area contributed by atoms with Gasteiger partial charge in [-0.1, -0.05) is 16.8 Å². The standard InChI is InChI=1S/C20H22ClN3O4/c1-24(11-12-26-17-5-3-15(21)4-6-17)13-20-22-19(23-28-20)14-27-18-9-7-16(25-2)8-10-18/h3-10H,11-14H2,1-2H3. The highest BCUT2D eigenvalue weighted by molar-refractivity contribution is 6.30. The van der Waals surface area contributed by atoms with Crippen LogP contribution in [0.15, 0.2) is 53.1 Å². The molecule has 0 atom stereocenters. The minimum atomic E-state index is 0.235. The van der Waals surface area contributed by atoms with Crippen molar-refractivity contribution in [3.05, 3.63) is 65.3 Å². The summed E-state index contributed by atoms with van der Waals surface area (Å²) in [5, 5.41) is 4.64. The van der Waals surface area contributed by atoms with Crippen molar-refractivity contribution in [2.24, 2.45) is 0 Å². The molecule has 0 aliphatic carbocycles. The van der Waals surface area contributed by atoms with Gasteiger partial charge >= 0.3 is 0 Å². The molecule has 0 unspecified atom stereocenters. The molecule has 148 valence electrons. The lowest BCUT2D eigenvalue weighted by Gasteiger charge is -2.14. The topological polar surface area (TPSA) is 69.9 Å². The van der Waals surface area contributed by atoms with Crippen molar-refractivity contribution in [2.45, 2.75) is 13.2 Å². The average molecular weight is 404 g/mol. The first-order valence-electron chi connectivity index (χ1n) is 8.77. The van der Waals surface area contributed by atoms with E-state index >= 15 is 0 Å². The van der Waals surface area contributed by atoms with Crippen LogP contribution in [0.2, 0.25) is 5.02 Å². The fraction of sp³-hybridized carbons (Fsp3) is 0.300. The van der Waals surface area contributed by atoms with Crippen LogP contribution in [-0.2, 0) is 13.2 Å². The van der Waals surface area contributed by atoms with E-state index in [0.717, 1.165) is 11.5 Å². The lowest BCUT2D eigenvalue weighted by atomic mass is 10.3. The molecule has 0 bridgehead atoms. The summed E-state index contributed by atoms with van der Waals surface area (Å²) >= 11 is 5.86. The second-order valence-corrected chi connectivity index (χ2v) is 6.55. The summed E-state index contributed by atoms with van der Waals surface area (Å²) in [6.07, 6.45) is 0. The second-order valence-electron chi connectivity index (χ2n) is 6.11. The Morgan fingerprint density at radius 1 is 0.964 bits per heavy atom. The maximum absolute atomic E-state index is 5.86. The van der Waals surface area contributed by atoms with Crippen molar-refractivity contribution in [3.63, 3.8) is 0 Å². The lowest BCUT2D eigenvalue weighted by molar-refractivity contribution is 0.212. The number of hydrogen-bond donors (Lipinski definition) is 0. The SMILES string of the molecule is COc1ccc(OCc2noc(CN(C)CCOc3ccc(Cl)cc3)n2)cc1. The Morgan fingerprint density at radius 2 is 1.61 bits per heavy atom. The van der Waals surface area contributed by atoms with E-state index in [9.17, 15) is 0 Å². The van der Waals surface area contributed by atoms with E-state index in [1.54, 1.807) is 19.2 Å². The minimum absolute atomic E-state index is 0.235. The van der Waals surface area contributed by atoms with Crippen molar-refractivity contribution in [2.75, 3.05) is 27.3 Å². The first-order valence-corrected chi connectivity index (χ1v) is 9.15. The van der Waals surface area contributed by atoms with Gasteiger partial charge in [0.15, 0.2) is 6.61 Å². The number of methoxy groups -OCH3 is 1. The number of hydrogen-bond acceptors (Lipinski definition) is 7. The molecule has 8 heteroatoms. The van der Waals surface area contributed by atoms with E-state index in [1.807, 2.05) is 48.3 Å². The molecule has 1 aromatic heterocycles. The van der Waals surface area contributed by atoms with Gasteiger partial charge in [-0.2, -0.15) is 4.98 Å². The maximum atomic E-state index is 5.86. The Bertz CT molecular complexity index is 853. The van der Waals surface area contributed by atoms with Gasteiger partial charge in [0.1, 0.15) is 23.9 Å². The highest BCUT2D eigenvalue weighted by Crippen LogP contribution is 2.18. The molecule has 0 fully saturated rings. The number of likely N-dealkylation sites (N-methyl/N-ethyl adjacent to an activating group) is 1. The van der Waals surface area contributed by atoms with Crippen LogP contribution in [-0.4, -0.2) is 42.3 Å². The van der Waals surface area contributed by atoms with Crippen LogP contribution < -0.4 is 14.2 Å². The monoisotopic (exact) mass is 403 g/mol. The number of benzene rings is 2. The smallest absolute Gasteiger partial charge is 0.240 e. The third kappa shape index (κ3) is 6.14. The first kappa shape index (κ1) is 20.0. The third-order valence-corrected chi connectivity index (χ3v) is 4.15. The molecular weight excluding hydrogens is 382 g/mol. The molecule has 7 nitrogen and oxygen atoms in total. The molecule has 3 rings (SSSR count). The van der Waals surface area contributed by atoms with Gasteiger partial charge in [0, 0.05) is 11.6 Å². The predicted octanol–water partition coefficient (Wildman–Crippen LogP) is 3.82. The molecule has 3 aromatic rings. The summed E-state index contributed by atoms with van der Waals surface area (Å²) in [5.74, 6) is 3.30. The lowest BCUT2D eigenvalue weighted by Crippen LogP contribution is -2.24. The van der Waals surface area contributed by atoms with Gasteiger partial charge in [0.25, 0.3) is 0 Å². The molecule has 0 aliphatic rings. The van der Waals surface area contributed by atoms with Crippen LogP contribution in [0.4, 0.5) is 0 Å². The largest absolute Gasteiger partial charge is 0.497 e. The van der Waals surface area contributed by atoms with E-state index in [2.05, 4.69) is 10.1 Å². The number of nitrogens with zero attached hydrogens (tertiary/aromatic N) is 3. The summed E-state index contributed by atoms with van der Waals surface area (Å²) in [7, 11) is 3.58. The number of rotatable bonds is 10. The summed E-state index contributed by atoms with van der Waals surface area (Å²) in [5.41, 5.74) is 0. The van der Waals surface area contributed by atoms with Crippen LogP contribution in [0.25, 0.3) is 0 Å². The Balaban J connectivity index is 1.39. The number of halogens is 1. The highest BCUT2D eigenvalue weighted by Gasteiger charge is 2.10. The summed E-state index contributed by atoms with van der Waals surface area (Å²) < 4.78 is 21.7. The van der Waals surface area contributed by atoms with E-state index < -0.39 is 0 Å². The molecule has 0 saturated heterocycles. The zero-order valence-corrected chi connectivity index (χ0v) is 16.6. The van der Waals surface area contributed by atoms with Gasteiger partial charge in [-0.3, -0.25) is 4.90 Å². The minimum Gasteiger partial charge on any atom is -0.497 e. The zero-order chi connectivity index (χ0) is 19.8. The normalized spacial score (nSPS) is 10.9. The molecule has 0 aliphatic heterocycles. The molecule has 0 spiro atoms. The Kier molecular flexibility index (Phi) is 7.11. The van der Waals surface area contributed by atoms with E-state index in [0.29, 0.717) is 42.2 Å².